The van der Waals surface area contributed by atoms with Crippen LogP contribution in [0.4, 0.5) is 13.2 Å². The van der Waals surface area contributed by atoms with Crippen molar-refractivity contribution >= 4 is 27.3 Å². The van der Waals surface area contributed by atoms with Gasteiger partial charge in [0.2, 0.25) is 0 Å². The van der Waals surface area contributed by atoms with Crippen LogP contribution >= 0.6 is 27.3 Å². The summed E-state index contributed by atoms with van der Waals surface area (Å²) in [6.07, 6.45) is -4.39. The smallest absolute Gasteiger partial charge is 0.320 e. The zero-order valence-electron chi connectivity index (χ0n) is 9.96. The van der Waals surface area contributed by atoms with Crippen LogP contribution in [0.3, 0.4) is 0 Å². The van der Waals surface area contributed by atoms with E-state index >= 15 is 0 Å². The van der Waals surface area contributed by atoms with Crippen LogP contribution in [-0.4, -0.2) is 0 Å². The number of hydrogen-bond donors (Lipinski definition) is 1. The maximum absolute atomic E-state index is 12.9. The van der Waals surface area contributed by atoms with Crippen LogP contribution in [0, 0.1) is 6.92 Å². The Morgan fingerprint density at radius 3 is 2.42 bits per heavy atom. The summed E-state index contributed by atoms with van der Waals surface area (Å²) in [7, 11) is 0. The van der Waals surface area contributed by atoms with Crippen molar-refractivity contribution in [1.29, 1.82) is 0 Å². The van der Waals surface area contributed by atoms with Crippen molar-refractivity contribution in [2.24, 2.45) is 5.73 Å². The number of benzene rings is 1. The average Bonchev–Trinajstić information content (AvgIpc) is 2.68. The summed E-state index contributed by atoms with van der Waals surface area (Å²) in [5.41, 5.74) is 6.38. The third kappa shape index (κ3) is 3.01. The molecule has 0 fully saturated rings. The summed E-state index contributed by atoms with van der Waals surface area (Å²) in [5, 5.41) is 0. The molecule has 1 aromatic carbocycles. The van der Waals surface area contributed by atoms with Gasteiger partial charge in [0.15, 0.2) is 0 Å². The standard InChI is InChI=1S/C13H11BrF3NS/c1-7-6-10(19-12(7)14)11(18)8-4-2-3-5-9(8)13(15,16)17/h2-6,11H,18H2,1H3. The fourth-order valence-corrected chi connectivity index (χ4v) is 3.41. The van der Waals surface area contributed by atoms with Crippen LogP contribution in [0.5, 0.6) is 0 Å². The molecule has 102 valence electrons. The molecule has 2 N–H and O–H groups in total. The molecule has 0 spiro atoms. The minimum Gasteiger partial charge on any atom is -0.320 e. The molecule has 0 bridgehead atoms. The molecule has 0 saturated carbocycles. The Morgan fingerprint density at radius 1 is 1.26 bits per heavy atom. The highest BCUT2D eigenvalue weighted by molar-refractivity contribution is 9.11. The average molecular weight is 350 g/mol. The van der Waals surface area contributed by atoms with Crippen LogP contribution in [-0.2, 0) is 6.18 Å². The number of thiophene rings is 1. The second-order valence-corrected chi connectivity index (χ2v) is 6.57. The number of nitrogens with two attached hydrogens (primary N) is 1. The van der Waals surface area contributed by atoms with Crippen LogP contribution in [0.15, 0.2) is 34.1 Å². The van der Waals surface area contributed by atoms with E-state index in [1.807, 2.05) is 13.0 Å². The first kappa shape index (κ1) is 14.6. The molecular formula is C13H11BrF3NS. The van der Waals surface area contributed by atoms with E-state index in [4.69, 9.17) is 5.73 Å². The lowest BCUT2D eigenvalue weighted by Crippen LogP contribution is -2.17. The van der Waals surface area contributed by atoms with E-state index in [0.717, 1.165) is 15.4 Å². The Bertz CT molecular complexity index is 572. The Morgan fingerprint density at radius 2 is 1.89 bits per heavy atom. The highest BCUT2D eigenvalue weighted by Gasteiger charge is 2.34. The maximum atomic E-state index is 12.9. The molecule has 1 unspecified atom stereocenters. The SMILES string of the molecule is Cc1cc(C(N)c2ccccc2C(F)(F)F)sc1Br. The summed E-state index contributed by atoms with van der Waals surface area (Å²) in [6, 6.07) is 6.47. The van der Waals surface area contributed by atoms with Crippen molar-refractivity contribution in [3.8, 4) is 0 Å². The Hall–Kier alpha value is -0.850. The molecule has 1 nitrogen and oxygen atoms in total. The van der Waals surface area contributed by atoms with E-state index in [1.54, 1.807) is 6.07 Å². The topological polar surface area (TPSA) is 26.0 Å². The zero-order chi connectivity index (χ0) is 14.2. The first-order valence-electron chi connectivity index (χ1n) is 5.48. The van der Waals surface area contributed by atoms with Crippen molar-refractivity contribution in [3.05, 3.63) is 55.7 Å². The summed E-state index contributed by atoms with van der Waals surface area (Å²) < 4.78 is 39.7. The molecule has 19 heavy (non-hydrogen) atoms. The highest BCUT2D eigenvalue weighted by atomic mass is 79.9. The predicted octanol–water partition coefficient (Wildman–Crippen LogP) is 4.89. The number of hydrogen-bond acceptors (Lipinski definition) is 2. The van der Waals surface area contributed by atoms with Crippen LogP contribution in [0.2, 0.25) is 0 Å². The summed E-state index contributed by atoms with van der Waals surface area (Å²) >= 11 is 4.72. The van der Waals surface area contributed by atoms with Crippen LogP contribution in [0.1, 0.15) is 27.6 Å². The molecule has 1 aromatic heterocycles. The van der Waals surface area contributed by atoms with E-state index in [9.17, 15) is 13.2 Å². The molecule has 2 rings (SSSR count). The first-order valence-corrected chi connectivity index (χ1v) is 7.09. The van der Waals surface area contributed by atoms with Crippen molar-refractivity contribution in [2.45, 2.75) is 19.1 Å². The van der Waals surface area contributed by atoms with Gasteiger partial charge in [-0.15, -0.1) is 11.3 Å². The summed E-state index contributed by atoms with van der Waals surface area (Å²) in [5.74, 6) is 0. The van der Waals surface area contributed by atoms with E-state index in [-0.39, 0.29) is 5.56 Å². The summed E-state index contributed by atoms with van der Waals surface area (Å²) in [4.78, 5) is 0.709. The molecule has 1 heterocycles. The van der Waals surface area contributed by atoms with Crippen molar-refractivity contribution in [2.75, 3.05) is 0 Å². The molecule has 0 aliphatic heterocycles. The van der Waals surface area contributed by atoms with Gasteiger partial charge in [-0.25, -0.2) is 0 Å². The van der Waals surface area contributed by atoms with Crippen molar-refractivity contribution in [3.63, 3.8) is 0 Å². The number of aryl methyl sites for hydroxylation is 1. The first-order chi connectivity index (χ1) is 8.80. The van der Waals surface area contributed by atoms with Gasteiger partial charge in [0.1, 0.15) is 0 Å². The Labute approximate surface area is 121 Å². The number of alkyl halides is 3. The lowest BCUT2D eigenvalue weighted by Gasteiger charge is -2.17. The fourth-order valence-electron chi connectivity index (χ4n) is 1.82. The summed E-state index contributed by atoms with van der Waals surface area (Å²) in [6.45, 7) is 1.88. The van der Waals surface area contributed by atoms with Gasteiger partial charge < -0.3 is 5.73 Å². The van der Waals surface area contributed by atoms with Crippen LogP contribution < -0.4 is 5.73 Å². The fraction of sp³-hybridized carbons (Fsp3) is 0.231. The molecular weight excluding hydrogens is 339 g/mol. The zero-order valence-corrected chi connectivity index (χ0v) is 12.4. The predicted molar refractivity (Wildman–Crippen MR) is 74.2 cm³/mol. The lowest BCUT2D eigenvalue weighted by molar-refractivity contribution is -0.138. The second-order valence-electron chi connectivity index (χ2n) is 4.17. The third-order valence-electron chi connectivity index (χ3n) is 2.78. The van der Waals surface area contributed by atoms with E-state index in [1.165, 1.54) is 23.5 Å². The molecule has 0 aliphatic rings. The largest absolute Gasteiger partial charge is 0.416 e. The minimum atomic E-state index is -4.39. The highest BCUT2D eigenvalue weighted by Crippen LogP contribution is 2.38. The quantitative estimate of drug-likeness (QED) is 0.820. The normalized spacial score (nSPS) is 13.6. The lowest BCUT2D eigenvalue weighted by atomic mass is 9.99. The molecule has 1 atom stereocenters. The molecule has 0 radical (unpaired) electrons. The minimum absolute atomic E-state index is 0.101. The monoisotopic (exact) mass is 349 g/mol. The molecule has 0 amide bonds. The maximum Gasteiger partial charge on any atom is 0.416 e. The molecule has 2 aromatic rings. The van der Waals surface area contributed by atoms with E-state index in [0.29, 0.717) is 4.88 Å². The molecule has 6 heteroatoms. The second kappa shape index (κ2) is 5.26. The Kier molecular flexibility index (Phi) is 4.03. The molecule has 0 aliphatic carbocycles. The number of rotatable bonds is 2. The van der Waals surface area contributed by atoms with Gasteiger partial charge in [0.05, 0.1) is 15.4 Å². The van der Waals surface area contributed by atoms with Gasteiger partial charge in [-0.1, -0.05) is 18.2 Å². The number of halogens is 4. The van der Waals surface area contributed by atoms with Gasteiger partial charge in [0, 0.05) is 4.88 Å². The Balaban J connectivity index is 2.47. The van der Waals surface area contributed by atoms with Gasteiger partial charge in [0.25, 0.3) is 0 Å². The van der Waals surface area contributed by atoms with Gasteiger partial charge in [-0.05, 0) is 46.1 Å². The van der Waals surface area contributed by atoms with Gasteiger partial charge >= 0.3 is 6.18 Å². The van der Waals surface area contributed by atoms with E-state index in [2.05, 4.69) is 15.9 Å². The van der Waals surface area contributed by atoms with Gasteiger partial charge in [-0.2, -0.15) is 13.2 Å². The van der Waals surface area contributed by atoms with Crippen molar-refractivity contribution in [1.82, 2.24) is 0 Å². The van der Waals surface area contributed by atoms with E-state index < -0.39 is 17.8 Å². The van der Waals surface area contributed by atoms with Crippen LogP contribution in [0.25, 0.3) is 0 Å². The molecule has 0 saturated heterocycles. The third-order valence-corrected chi connectivity index (χ3v) is 5.00. The van der Waals surface area contributed by atoms with Gasteiger partial charge in [-0.3, -0.25) is 0 Å². The van der Waals surface area contributed by atoms with Crippen molar-refractivity contribution < 1.29 is 13.2 Å².